The van der Waals surface area contributed by atoms with Gasteiger partial charge in [0.25, 0.3) is 0 Å². The van der Waals surface area contributed by atoms with Gasteiger partial charge in [0.2, 0.25) is 0 Å². The topological polar surface area (TPSA) is 129 Å². The van der Waals surface area contributed by atoms with Gasteiger partial charge in [0.15, 0.2) is 0 Å². The zero-order valence-corrected chi connectivity index (χ0v) is 31.5. The van der Waals surface area contributed by atoms with Crippen LogP contribution in [0.5, 0.6) is 0 Å². The number of hydrogen-bond acceptors (Lipinski definition) is 9. The third-order valence-electron chi connectivity index (χ3n) is 8.44. The maximum Gasteiger partial charge on any atom is 0.0996 e. The first kappa shape index (κ1) is 37.0. The van der Waals surface area contributed by atoms with Gasteiger partial charge in [-0.25, -0.2) is 9.97 Å². The van der Waals surface area contributed by atoms with Crippen LogP contribution in [0, 0.1) is 11.8 Å². The van der Waals surface area contributed by atoms with E-state index in [1.54, 1.807) is 37.2 Å². The molecule has 3 aromatic carbocycles. The molecule has 10 heteroatoms. The first-order chi connectivity index (χ1) is 27.2. The Morgan fingerprint density at radius 1 is 0.357 bits per heavy atom. The van der Waals surface area contributed by atoms with E-state index in [-0.39, 0.29) is 19.5 Å². The molecule has 7 heterocycles. The minimum absolute atomic E-state index is 0. The van der Waals surface area contributed by atoms with E-state index in [9.17, 15) is 0 Å². The Balaban J connectivity index is 0.000000157. The maximum absolute atomic E-state index is 5.84. The van der Waals surface area contributed by atoms with Gasteiger partial charge in [-0.05, 0) is 109 Å². The van der Waals surface area contributed by atoms with Gasteiger partial charge in [0, 0.05) is 84.2 Å². The van der Waals surface area contributed by atoms with Gasteiger partial charge < -0.3 is 5.73 Å². The fourth-order valence-corrected chi connectivity index (χ4v) is 5.90. The molecule has 2 N–H and O–H groups in total. The molecule has 0 spiro atoms. The van der Waals surface area contributed by atoms with Gasteiger partial charge in [0.1, 0.15) is 0 Å². The molecule has 0 aliphatic rings. The zero-order chi connectivity index (χ0) is 37.2. The zero-order valence-electron chi connectivity index (χ0n) is 29.8. The second-order valence-electron chi connectivity index (χ2n) is 12.2. The molecule has 0 amide bonds. The first-order valence-corrected chi connectivity index (χ1v) is 17.4. The third kappa shape index (κ3) is 8.55. The average molecular weight is 811 g/mol. The van der Waals surface area contributed by atoms with E-state index in [1.807, 2.05) is 140 Å². The monoisotopic (exact) mass is 811 g/mol. The van der Waals surface area contributed by atoms with Crippen LogP contribution < -0.4 is 5.73 Å². The van der Waals surface area contributed by atoms with Crippen LogP contribution in [-0.2, 0) is 19.5 Å². The summed E-state index contributed by atoms with van der Waals surface area (Å²) in [7, 11) is 0. The summed E-state index contributed by atoms with van der Waals surface area (Å²) < 4.78 is 0. The number of nitrogens with zero attached hydrogens (tertiary/aromatic N) is 8. The van der Waals surface area contributed by atoms with Crippen LogP contribution in [-0.4, -0.2) is 39.9 Å². The maximum atomic E-state index is 5.84. The Kier molecular flexibility index (Phi) is 11.7. The largest absolute Gasteiger partial charge is 0.399 e. The van der Waals surface area contributed by atoms with E-state index in [2.05, 4.69) is 41.7 Å². The molecule has 0 saturated heterocycles. The van der Waals surface area contributed by atoms with Crippen LogP contribution in [0.4, 0.5) is 5.69 Å². The van der Waals surface area contributed by atoms with Gasteiger partial charge in [-0.3, -0.25) is 29.9 Å². The van der Waals surface area contributed by atoms with E-state index in [4.69, 9.17) is 15.7 Å². The normalized spacial score (nSPS) is 10.3. The third-order valence-corrected chi connectivity index (χ3v) is 8.44. The Morgan fingerprint density at radius 2 is 0.804 bits per heavy atom. The van der Waals surface area contributed by atoms with Crippen LogP contribution in [0.25, 0.3) is 66.6 Å². The summed E-state index contributed by atoms with van der Waals surface area (Å²) in [4.78, 5) is 35.8. The van der Waals surface area contributed by atoms with Crippen molar-refractivity contribution in [2.45, 2.75) is 0 Å². The number of fused-ring (bicyclic) bond motifs is 7. The summed E-state index contributed by atoms with van der Waals surface area (Å²) in [5.41, 5.74) is 16.9. The smallest absolute Gasteiger partial charge is 0.0996 e. The molecule has 10 aromatic rings. The molecule has 7 aromatic heterocycles. The average Bonchev–Trinajstić information content (AvgIpc) is 3.27. The number of hydrogen-bond donors (Lipinski definition) is 1. The Hall–Kier alpha value is -7.34. The van der Waals surface area contributed by atoms with Crippen molar-refractivity contribution >= 4 is 49.6 Å². The molecule has 0 bridgehead atoms. The quantitative estimate of drug-likeness (QED) is 0.0598. The molecule has 0 unspecified atom stereocenters. The fraction of sp³-hybridized carbons (Fsp3) is 0. The molecule has 0 radical (unpaired) electrons. The number of benzene rings is 3. The van der Waals surface area contributed by atoms with E-state index < -0.39 is 0 Å². The van der Waals surface area contributed by atoms with E-state index in [0.717, 1.165) is 77.8 Å². The standard InChI is InChI=1S/C26H15N5.2C10H8N2.Ru/c27-18-5-1-4-16(14-18)8-9-17-10-11-21-22(15-17)31-26-20-7-3-13-29-24(20)23-19(25(26)30-21)6-2-12-28-23;2*1-3-7-11-9(5-1)10-6-2-4-8-12-10;/h1-7,10-15H,27H2;2*1-8H;. The molecule has 0 saturated carbocycles. The van der Waals surface area contributed by atoms with Gasteiger partial charge >= 0.3 is 0 Å². The van der Waals surface area contributed by atoms with Crippen LogP contribution in [0.15, 0.2) is 177 Å². The van der Waals surface area contributed by atoms with Crippen molar-refractivity contribution in [3.05, 3.63) is 188 Å². The van der Waals surface area contributed by atoms with Gasteiger partial charge in [0.05, 0.1) is 55.9 Å². The number of rotatable bonds is 2. The predicted octanol–water partition coefficient (Wildman–Crippen LogP) is 9.15. The van der Waals surface area contributed by atoms with Crippen molar-refractivity contribution in [1.82, 2.24) is 39.9 Å². The van der Waals surface area contributed by atoms with E-state index >= 15 is 0 Å². The van der Waals surface area contributed by atoms with Crippen molar-refractivity contribution in [2.24, 2.45) is 0 Å². The Labute approximate surface area is 335 Å². The van der Waals surface area contributed by atoms with Gasteiger partial charge in [-0.15, -0.1) is 0 Å². The van der Waals surface area contributed by atoms with Crippen LogP contribution in [0.1, 0.15) is 11.1 Å². The molecule has 9 nitrogen and oxygen atoms in total. The summed E-state index contributed by atoms with van der Waals surface area (Å²) in [6.45, 7) is 0. The van der Waals surface area contributed by atoms with Gasteiger partial charge in [-0.2, -0.15) is 0 Å². The molecule has 0 aliphatic heterocycles. The van der Waals surface area contributed by atoms with E-state index in [1.165, 1.54) is 0 Å². The second kappa shape index (κ2) is 17.7. The van der Waals surface area contributed by atoms with E-state index in [0.29, 0.717) is 5.69 Å². The SMILES string of the molecule is Nc1cccc(C#Cc2ccc3nc4c5cccnc5c5ncccc5c4nc3c2)c1.[Ru].c1ccc(-c2ccccn2)nc1.c1ccc(-c2ccccn2)nc1. The summed E-state index contributed by atoms with van der Waals surface area (Å²) in [5.74, 6) is 6.36. The Bertz CT molecular complexity index is 2790. The number of nitrogens with two attached hydrogens (primary N) is 1. The summed E-state index contributed by atoms with van der Waals surface area (Å²) >= 11 is 0. The molecular formula is C46H31N9Ru. The summed E-state index contributed by atoms with van der Waals surface area (Å²) in [6.07, 6.45) is 10.6. The fourth-order valence-electron chi connectivity index (χ4n) is 5.90. The summed E-state index contributed by atoms with van der Waals surface area (Å²) in [5, 5.41) is 1.89. The minimum atomic E-state index is 0. The molecule has 0 fully saturated rings. The number of aromatic nitrogens is 8. The number of anilines is 1. The first-order valence-electron chi connectivity index (χ1n) is 17.4. The van der Waals surface area contributed by atoms with Crippen LogP contribution in [0.3, 0.4) is 0 Å². The second-order valence-corrected chi connectivity index (χ2v) is 12.2. The van der Waals surface area contributed by atoms with Crippen molar-refractivity contribution in [3.63, 3.8) is 0 Å². The van der Waals surface area contributed by atoms with Crippen molar-refractivity contribution < 1.29 is 19.5 Å². The summed E-state index contributed by atoms with van der Waals surface area (Å²) in [6, 6.07) is 44.5. The minimum Gasteiger partial charge on any atom is -0.399 e. The van der Waals surface area contributed by atoms with Crippen molar-refractivity contribution in [1.29, 1.82) is 0 Å². The van der Waals surface area contributed by atoms with Crippen molar-refractivity contribution in [2.75, 3.05) is 5.73 Å². The Morgan fingerprint density at radius 3 is 1.25 bits per heavy atom. The van der Waals surface area contributed by atoms with Crippen LogP contribution in [0.2, 0.25) is 0 Å². The molecule has 0 atom stereocenters. The molecule has 268 valence electrons. The van der Waals surface area contributed by atoms with Gasteiger partial charge in [-0.1, -0.05) is 42.2 Å². The molecule has 0 aliphatic carbocycles. The molecular weight excluding hydrogens is 780 g/mol. The molecule has 56 heavy (non-hydrogen) atoms. The predicted molar refractivity (Wildman–Crippen MR) is 219 cm³/mol. The van der Waals surface area contributed by atoms with Crippen LogP contribution >= 0.6 is 0 Å². The number of nitrogen functional groups attached to an aromatic ring is 1. The molecule has 10 rings (SSSR count). The van der Waals surface area contributed by atoms with Crippen molar-refractivity contribution in [3.8, 4) is 34.6 Å². The number of pyridine rings is 6.